The molecule has 27 heavy (non-hydrogen) atoms. The zero-order valence-corrected chi connectivity index (χ0v) is 16.0. The van der Waals surface area contributed by atoms with E-state index in [0.717, 1.165) is 15.7 Å². The molecule has 3 rings (SSSR count). The Morgan fingerprint density at radius 1 is 1.26 bits per heavy atom. The Bertz CT molecular complexity index is 981. The quantitative estimate of drug-likeness (QED) is 0.771. The van der Waals surface area contributed by atoms with Gasteiger partial charge in [0.15, 0.2) is 0 Å². The number of aryl methyl sites for hydroxylation is 1. The van der Waals surface area contributed by atoms with Crippen LogP contribution in [0.3, 0.4) is 0 Å². The number of carbonyl (C=O) groups is 2. The van der Waals surface area contributed by atoms with Crippen LogP contribution in [-0.2, 0) is 28.4 Å². The fraction of sp³-hybridized carbons (Fsp3) is 0.333. The van der Waals surface area contributed by atoms with Crippen LogP contribution in [0.1, 0.15) is 21.7 Å². The number of aromatic nitrogens is 1. The molecule has 0 radical (unpaired) electrons. The lowest BCUT2D eigenvalue weighted by molar-refractivity contribution is -0.122. The Hall–Kier alpha value is -2.65. The number of benzene rings is 1. The van der Waals surface area contributed by atoms with Crippen LogP contribution in [-0.4, -0.2) is 48.7 Å². The molecular formula is C18H22N4O4S. The predicted molar refractivity (Wildman–Crippen MR) is 99.5 cm³/mol. The molecule has 0 atom stereocenters. The summed E-state index contributed by atoms with van der Waals surface area (Å²) in [6.07, 6.45) is 0. The van der Waals surface area contributed by atoms with E-state index in [4.69, 9.17) is 0 Å². The van der Waals surface area contributed by atoms with Crippen molar-refractivity contribution in [1.29, 1.82) is 0 Å². The fourth-order valence-corrected chi connectivity index (χ4v) is 4.33. The zero-order valence-electron chi connectivity index (χ0n) is 15.2. The molecule has 0 spiro atoms. The maximum Gasteiger partial charge on any atom is 0.251 e. The second-order valence-corrected chi connectivity index (χ2v) is 8.36. The van der Waals surface area contributed by atoms with Crippen LogP contribution in [0.5, 0.6) is 0 Å². The number of sulfonamides is 1. The van der Waals surface area contributed by atoms with Crippen molar-refractivity contribution >= 4 is 21.8 Å². The Morgan fingerprint density at radius 3 is 2.70 bits per heavy atom. The maximum absolute atomic E-state index is 12.7. The van der Waals surface area contributed by atoms with E-state index in [0.29, 0.717) is 6.54 Å². The molecule has 2 heterocycles. The Labute approximate surface area is 158 Å². The maximum atomic E-state index is 12.7. The average Bonchev–Trinajstić information content (AvgIpc) is 2.98. The monoisotopic (exact) mass is 390 g/mol. The van der Waals surface area contributed by atoms with E-state index in [1.54, 1.807) is 6.07 Å². The standard InChI is InChI=1S/C18H22N4O4S/c1-13-6-7-15(21(13)2)11-20-18(24)14-4-3-5-16(10-14)27(25,26)22-9-8-19-17(23)12-22/h3-7,10H,8-9,11-12H2,1-2H3,(H,19,23)(H,20,24). The van der Waals surface area contributed by atoms with Crippen LogP contribution >= 0.6 is 0 Å². The number of rotatable bonds is 5. The minimum atomic E-state index is -3.83. The van der Waals surface area contributed by atoms with E-state index in [1.165, 1.54) is 18.2 Å². The number of hydrogen-bond acceptors (Lipinski definition) is 4. The van der Waals surface area contributed by atoms with E-state index in [1.807, 2.05) is 30.7 Å². The molecule has 2 amide bonds. The first-order valence-corrected chi connectivity index (χ1v) is 9.99. The van der Waals surface area contributed by atoms with Crippen molar-refractivity contribution in [1.82, 2.24) is 19.5 Å². The SMILES string of the molecule is Cc1ccc(CNC(=O)c2cccc(S(=O)(=O)N3CCNC(=O)C3)c2)n1C. The molecule has 144 valence electrons. The van der Waals surface area contributed by atoms with E-state index < -0.39 is 10.0 Å². The van der Waals surface area contributed by atoms with Gasteiger partial charge in [0, 0.05) is 37.1 Å². The van der Waals surface area contributed by atoms with Gasteiger partial charge in [-0.25, -0.2) is 8.42 Å². The molecule has 0 saturated carbocycles. The van der Waals surface area contributed by atoms with Crippen molar-refractivity contribution in [3.05, 3.63) is 53.3 Å². The highest BCUT2D eigenvalue weighted by molar-refractivity contribution is 7.89. The summed E-state index contributed by atoms with van der Waals surface area (Å²) in [5.41, 5.74) is 2.28. The van der Waals surface area contributed by atoms with Crippen molar-refractivity contribution in [2.24, 2.45) is 7.05 Å². The lowest BCUT2D eigenvalue weighted by Crippen LogP contribution is -2.49. The molecule has 1 aliphatic heterocycles. The summed E-state index contributed by atoms with van der Waals surface area (Å²) < 4.78 is 28.6. The van der Waals surface area contributed by atoms with Crippen LogP contribution < -0.4 is 10.6 Å². The molecule has 1 saturated heterocycles. The van der Waals surface area contributed by atoms with Crippen molar-refractivity contribution in [3.63, 3.8) is 0 Å². The van der Waals surface area contributed by atoms with Gasteiger partial charge >= 0.3 is 0 Å². The predicted octanol–water partition coefficient (Wildman–Crippen LogP) is 0.384. The van der Waals surface area contributed by atoms with E-state index >= 15 is 0 Å². The summed E-state index contributed by atoms with van der Waals surface area (Å²) in [6, 6.07) is 9.75. The molecule has 0 aliphatic carbocycles. The topological polar surface area (TPSA) is 101 Å². The molecule has 1 aliphatic rings. The molecular weight excluding hydrogens is 368 g/mol. The number of hydrogen-bond donors (Lipinski definition) is 2. The number of nitrogens with zero attached hydrogens (tertiary/aromatic N) is 2. The van der Waals surface area contributed by atoms with Crippen LogP contribution in [0, 0.1) is 6.92 Å². The summed E-state index contributed by atoms with van der Waals surface area (Å²) in [5, 5.41) is 5.39. The van der Waals surface area contributed by atoms with Gasteiger partial charge in [0.05, 0.1) is 18.0 Å². The first kappa shape index (κ1) is 19.1. The van der Waals surface area contributed by atoms with Gasteiger partial charge in [0.2, 0.25) is 15.9 Å². The number of piperazine rings is 1. The second kappa shape index (κ2) is 7.53. The molecule has 2 N–H and O–H groups in total. The van der Waals surface area contributed by atoms with Gasteiger partial charge in [-0.2, -0.15) is 4.31 Å². The van der Waals surface area contributed by atoms with Crippen molar-refractivity contribution in [2.45, 2.75) is 18.4 Å². The van der Waals surface area contributed by atoms with Gasteiger partial charge in [0.1, 0.15) is 0 Å². The summed E-state index contributed by atoms with van der Waals surface area (Å²) >= 11 is 0. The third-order valence-corrected chi connectivity index (χ3v) is 6.49. The third kappa shape index (κ3) is 4.04. The van der Waals surface area contributed by atoms with E-state index in [2.05, 4.69) is 10.6 Å². The zero-order chi connectivity index (χ0) is 19.6. The van der Waals surface area contributed by atoms with Crippen molar-refractivity contribution in [2.75, 3.05) is 19.6 Å². The molecule has 0 unspecified atom stereocenters. The molecule has 0 bridgehead atoms. The second-order valence-electron chi connectivity index (χ2n) is 6.42. The summed E-state index contributed by atoms with van der Waals surface area (Å²) in [5.74, 6) is -0.695. The van der Waals surface area contributed by atoms with Crippen LogP contribution in [0.25, 0.3) is 0 Å². The number of nitrogens with one attached hydrogen (secondary N) is 2. The van der Waals surface area contributed by atoms with Crippen molar-refractivity contribution < 1.29 is 18.0 Å². The molecule has 1 fully saturated rings. The molecule has 2 aromatic rings. The van der Waals surface area contributed by atoms with E-state index in [-0.39, 0.29) is 41.9 Å². The Morgan fingerprint density at radius 2 is 2.04 bits per heavy atom. The highest BCUT2D eigenvalue weighted by Gasteiger charge is 2.29. The van der Waals surface area contributed by atoms with E-state index in [9.17, 15) is 18.0 Å². The Kier molecular flexibility index (Phi) is 5.33. The van der Waals surface area contributed by atoms with Gasteiger partial charge in [-0.05, 0) is 37.3 Å². The fourth-order valence-electron chi connectivity index (χ4n) is 2.88. The normalized spacial score (nSPS) is 15.4. The van der Waals surface area contributed by atoms with Crippen LogP contribution in [0.4, 0.5) is 0 Å². The van der Waals surface area contributed by atoms with Crippen LogP contribution in [0.2, 0.25) is 0 Å². The van der Waals surface area contributed by atoms with Gasteiger partial charge < -0.3 is 15.2 Å². The van der Waals surface area contributed by atoms with Crippen molar-refractivity contribution in [3.8, 4) is 0 Å². The molecule has 8 nitrogen and oxygen atoms in total. The summed E-state index contributed by atoms with van der Waals surface area (Å²) in [7, 11) is -1.92. The average molecular weight is 390 g/mol. The van der Waals surface area contributed by atoms with Gasteiger partial charge in [-0.15, -0.1) is 0 Å². The summed E-state index contributed by atoms with van der Waals surface area (Å²) in [4.78, 5) is 23.9. The first-order chi connectivity index (χ1) is 12.8. The first-order valence-electron chi connectivity index (χ1n) is 8.55. The van der Waals surface area contributed by atoms with Gasteiger partial charge in [-0.1, -0.05) is 6.07 Å². The minimum Gasteiger partial charge on any atom is -0.354 e. The molecule has 9 heteroatoms. The number of carbonyl (C=O) groups excluding carboxylic acids is 2. The molecule has 1 aromatic heterocycles. The highest BCUT2D eigenvalue weighted by atomic mass is 32.2. The lowest BCUT2D eigenvalue weighted by Gasteiger charge is -2.26. The third-order valence-electron chi connectivity index (χ3n) is 4.64. The largest absolute Gasteiger partial charge is 0.354 e. The van der Waals surface area contributed by atoms with Gasteiger partial charge in [0.25, 0.3) is 5.91 Å². The van der Waals surface area contributed by atoms with Gasteiger partial charge in [-0.3, -0.25) is 9.59 Å². The minimum absolute atomic E-state index is 0.000406. The van der Waals surface area contributed by atoms with Crippen LogP contribution in [0.15, 0.2) is 41.3 Å². The highest BCUT2D eigenvalue weighted by Crippen LogP contribution is 2.18. The summed E-state index contributed by atoms with van der Waals surface area (Å²) in [6.45, 7) is 2.57. The lowest BCUT2D eigenvalue weighted by atomic mass is 10.2. The Balaban J connectivity index is 1.75. The smallest absolute Gasteiger partial charge is 0.251 e. The number of amides is 2. The molecule has 1 aromatic carbocycles.